The number of aromatic nitrogens is 1. The van der Waals surface area contributed by atoms with Crippen LogP contribution < -0.4 is 5.32 Å². The summed E-state index contributed by atoms with van der Waals surface area (Å²) in [5.74, 6) is 0. The van der Waals surface area contributed by atoms with Crippen LogP contribution in [0.4, 0.5) is 5.69 Å². The molecule has 0 radical (unpaired) electrons. The molecule has 1 heterocycles. The van der Waals surface area contributed by atoms with Crippen molar-refractivity contribution < 1.29 is 0 Å². The minimum absolute atomic E-state index is 0.593. The average Bonchev–Trinajstić information content (AvgIpc) is 2.43. The van der Waals surface area contributed by atoms with Crippen LogP contribution in [0, 0.1) is 6.92 Å². The van der Waals surface area contributed by atoms with Gasteiger partial charge in [-0.1, -0.05) is 52.4 Å². The maximum Gasteiger partial charge on any atom is 0.109 e. The Balaban J connectivity index is 2.54. The van der Waals surface area contributed by atoms with Gasteiger partial charge in [-0.15, -0.1) is 0 Å². The summed E-state index contributed by atoms with van der Waals surface area (Å²) in [7, 11) is 0. The molecule has 0 saturated carbocycles. The fourth-order valence-corrected chi connectivity index (χ4v) is 2.66. The highest BCUT2D eigenvalue weighted by Gasteiger charge is 2.09. The number of aryl methyl sites for hydroxylation is 1. The van der Waals surface area contributed by atoms with Gasteiger partial charge in [0, 0.05) is 6.04 Å². The molecule has 1 rings (SSSR count). The molecule has 1 N–H and O–H groups in total. The molecule has 0 unspecified atom stereocenters. The number of nitrogens with zero attached hydrogens (tertiary/aromatic N) is 1. The van der Waals surface area contributed by atoms with E-state index in [0.717, 1.165) is 10.3 Å². The number of rotatable bonds is 10. The summed E-state index contributed by atoms with van der Waals surface area (Å²) in [5.41, 5.74) is 2.35. The van der Waals surface area contributed by atoms with E-state index in [1.807, 2.05) is 6.20 Å². The first-order chi connectivity index (χ1) is 9.67. The van der Waals surface area contributed by atoms with E-state index in [0.29, 0.717) is 6.04 Å². The maximum atomic E-state index is 4.38. The minimum atomic E-state index is 0.593. The molecule has 3 heteroatoms. The quantitative estimate of drug-likeness (QED) is 0.411. The van der Waals surface area contributed by atoms with Gasteiger partial charge in [0.15, 0.2) is 0 Å². The molecule has 0 amide bonds. The second-order valence-corrected chi connectivity index (χ2v) is 6.42. The summed E-state index contributed by atoms with van der Waals surface area (Å²) in [6, 6.07) is 2.78. The zero-order chi connectivity index (χ0) is 14.8. The summed E-state index contributed by atoms with van der Waals surface area (Å²) >= 11 is 3.46. The summed E-state index contributed by atoms with van der Waals surface area (Å²) in [5, 5.41) is 3.68. The molecule has 0 spiro atoms. The lowest BCUT2D eigenvalue weighted by Crippen LogP contribution is -2.19. The normalized spacial score (nSPS) is 11.1. The van der Waals surface area contributed by atoms with Gasteiger partial charge in [0.25, 0.3) is 0 Å². The topological polar surface area (TPSA) is 24.9 Å². The van der Waals surface area contributed by atoms with E-state index in [1.54, 1.807) is 0 Å². The standard InChI is InChI=1S/C17H29BrN2/c1-4-6-8-10-15(11-9-7-5-2)20-16-12-14(3)17(18)19-13-16/h12-13,15,20H,4-11H2,1-3H3. The Bertz CT molecular complexity index is 369. The highest BCUT2D eigenvalue weighted by atomic mass is 79.9. The zero-order valence-electron chi connectivity index (χ0n) is 13.2. The van der Waals surface area contributed by atoms with Crippen LogP contribution in [-0.4, -0.2) is 11.0 Å². The number of anilines is 1. The highest BCUT2D eigenvalue weighted by molar-refractivity contribution is 9.10. The lowest BCUT2D eigenvalue weighted by molar-refractivity contribution is 0.526. The van der Waals surface area contributed by atoms with Crippen molar-refractivity contribution in [2.45, 2.75) is 78.2 Å². The van der Waals surface area contributed by atoms with Crippen LogP contribution in [0.2, 0.25) is 0 Å². The van der Waals surface area contributed by atoms with Crippen LogP contribution in [0.15, 0.2) is 16.9 Å². The number of pyridine rings is 1. The second kappa shape index (κ2) is 10.2. The van der Waals surface area contributed by atoms with E-state index >= 15 is 0 Å². The third-order valence-corrected chi connectivity index (χ3v) is 4.53. The largest absolute Gasteiger partial charge is 0.381 e. The molecule has 0 aliphatic rings. The Morgan fingerprint density at radius 1 is 1.10 bits per heavy atom. The molecule has 20 heavy (non-hydrogen) atoms. The van der Waals surface area contributed by atoms with Crippen LogP contribution in [0.3, 0.4) is 0 Å². The first-order valence-electron chi connectivity index (χ1n) is 8.06. The molecule has 114 valence electrons. The Morgan fingerprint density at radius 3 is 2.20 bits per heavy atom. The number of nitrogens with one attached hydrogen (secondary N) is 1. The first kappa shape index (κ1) is 17.5. The summed E-state index contributed by atoms with van der Waals surface area (Å²) < 4.78 is 0.941. The van der Waals surface area contributed by atoms with Gasteiger partial charge in [0.05, 0.1) is 11.9 Å². The van der Waals surface area contributed by atoms with Crippen molar-refractivity contribution in [1.29, 1.82) is 0 Å². The van der Waals surface area contributed by atoms with Crippen molar-refractivity contribution in [3.63, 3.8) is 0 Å². The number of halogens is 1. The summed E-state index contributed by atoms with van der Waals surface area (Å²) in [6.07, 6.45) is 12.4. The Labute approximate surface area is 132 Å². The van der Waals surface area contributed by atoms with Gasteiger partial charge in [0.2, 0.25) is 0 Å². The molecular weight excluding hydrogens is 312 g/mol. The van der Waals surface area contributed by atoms with Gasteiger partial charge in [-0.05, 0) is 47.3 Å². The molecule has 1 aromatic heterocycles. The van der Waals surface area contributed by atoms with Crippen molar-refractivity contribution in [3.05, 3.63) is 22.4 Å². The average molecular weight is 341 g/mol. The maximum absolute atomic E-state index is 4.38. The Hall–Kier alpha value is -0.570. The molecule has 0 fully saturated rings. The third-order valence-electron chi connectivity index (χ3n) is 3.70. The lowest BCUT2D eigenvalue weighted by atomic mass is 10.0. The molecule has 0 atom stereocenters. The zero-order valence-corrected chi connectivity index (χ0v) is 14.8. The van der Waals surface area contributed by atoms with Gasteiger partial charge >= 0.3 is 0 Å². The van der Waals surface area contributed by atoms with Crippen LogP contribution in [0.5, 0.6) is 0 Å². The minimum Gasteiger partial charge on any atom is -0.381 e. The van der Waals surface area contributed by atoms with E-state index < -0.39 is 0 Å². The number of unbranched alkanes of at least 4 members (excludes halogenated alkanes) is 4. The molecular formula is C17H29BrN2. The van der Waals surface area contributed by atoms with Gasteiger partial charge in [0.1, 0.15) is 4.60 Å². The predicted molar refractivity (Wildman–Crippen MR) is 92.4 cm³/mol. The fraction of sp³-hybridized carbons (Fsp3) is 0.706. The molecule has 1 aromatic rings. The second-order valence-electron chi connectivity index (χ2n) is 5.66. The van der Waals surface area contributed by atoms with Crippen LogP contribution in [0.1, 0.15) is 70.8 Å². The lowest BCUT2D eigenvalue weighted by Gasteiger charge is -2.20. The SMILES string of the molecule is CCCCCC(CCCCC)Nc1cnc(Br)c(C)c1. The predicted octanol–water partition coefficient (Wildman–Crippen LogP) is 6.09. The van der Waals surface area contributed by atoms with E-state index in [4.69, 9.17) is 0 Å². The molecule has 0 bridgehead atoms. The van der Waals surface area contributed by atoms with E-state index in [-0.39, 0.29) is 0 Å². The van der Waals surface area contributed by atoms with Crippen molar-refractivity contribution in [2.75, 3.05) is 5.32 Å². The monoisotopic (exact) mass is 340 g/mol. The van der Waals surface area contributed by atoms with E-state index in [1.165, 1.54) is 56.9 Å². The summed E-state index contributed by atoms with van der Waals surface area (Å²) in [6.45, 7) is 6.62. The Morgan fingerprint density at radius 2 is 1.70 bits per heavy atom. The van der Waals surface area contributed by atoms with Gasteiger partial charge < -0.3 is 5.32 Å². The first-order valence-corrected chi connectivity index (χ1v) is 8.85. The number of hydrogen-bond acceptors (Lipinski definition) is 2. The van der Waals surface area contributed by atoms with Gasteiger partial charge in [-0.25, -0.2) is 4.98 Å². The van der Waals surface area contributed by atoms with E-state index in [9.17, 15) is 0 Å². The molecule has 0 aliphatic heterocycles. The van der Waals surface area contributed by atoms with Crippen molar-refractivity contribution >= 4 is 21.6 Å². The molecule has 0 aliphatic carbocycles. The van der Waals surface area contributed by atoms with Crippen LogP contribution >= 0.6 is 15.9 Å². The number of hydrogen-bond donors (Lipinski definition) is 1. The highest BCUT2D eigenvalue weighted by Crippen LogP contribution is 2.20. The van der Waals surface area contributed by atoms with E-state index in [2.05, 4.69) is 53.1 Å². The Kier molecular flexibility index (Phi) is 8.92. The van der Waals surface area contributed by atoms with Crippen LogP contribution in [0.25, 0.3) is 0 Å². The van der Waals surface area contributed by atoms with Crippen molar-refractivity contribution in [3.8, 4) is 0 Å². The smallest absolute Gasteiger partial charge is 0.109 e. The molecule has 0 saturated heterocycles. The molecule has 0 aromatic carbocycles. The van der Waals surface area contributed by atoms with Crippen LogP contribution in [-0.2, 0) is 0 Å². The molecule has 2 nitrogen and oxygen atoms in total. The van der Waals surface area contributed by atoms with Gasteiger partial charge in [-0.3, -0.25) is 0 Å². The summed E-state index contributed by atoms with van der Waals surface area (Å²) in [4.78, 5) is 4.38. The fourth-order valence-electron chi connectivity index (χ4n) is 2.44. The third kappa shape index (κ3) is 6.74. The van der Waals surface area contributed by atoms with Gasteiger partial charge in [-0.2, -0.15) is 0 Å². The van der Waals surface area contributed by atoms with Crippen molar-refractivity contribution in [2.24, 2.45) is 0 Å². The van der Waals surface area contributed by atoms with Crippen molar-refractivity contribution in [1.82, 2.24) is 4.98 Å².